The second-order valence-corrected chi connectivity index (χ2v) is 6.19. The van der Waals surface area contributed by atoms with Crippen LogP contribution in [0.4, 0.5) is 0 Å². The number of thiophene rings is 1. The van der Waals surface area contributed by atoms with E-state index in [-0.39, 0.29) is 0 Å². The van der Waals surface area contributed by atoms with Crippen LogP contribution < -0.4 is 5.73 Å². The highest BCUT2D eigenvalue weighted by Gasteiger charge is 2.08. The molecule has 0 aliphatic rings. The van der Waals surface area contributed by atoms with Crippen LogP contribution in [-0.4, -0.2) is 4.98 Å². The summed E-state index contributed by atoms with van der Waals surface area (Å²) in [6.07, 6.45) is 0.882. The normalized spacial score (nSPS) is 10.8. The average Bonchev–Trinajstić information content (AvgIpc) is 3.09. The number of thiazole rings is 1. The van der Waals surface area contributed by atoms with Crippen molar-refractivity contribution in [3.8, 4) is 11.3 Å². The van der Waals surface area contributed by atoms with E-state index in [9.17, 15) is 0 Å². The van der Waals surface area contributed by atoms with Crippen molar-refractivity contribution >= 4 is 22.7 Å². The molecule has 0 radical (unpaired) electrons. The molecule has 1 aromatic carbocycles. The van der Waals surface area contributed by atoms with Crippen molar-refractivity contribution in [2.24, 2.45) is 5.73 Å². The molecule has 0 amide bonds. The molecule has 0 bridgehead atoms. The van der Waals surface area contributed by atoms with Crippen LogP contribution in [0, 0.1) is 0 Å². The number of hydrogen-bond acceptors (Lipinski definition) is 4. The zero-order valence-electron chi connectivity index (χ0n) is 10.4. The molecular weight excluding hydrogens is 272 g/mol. The van der Waals surface area contributed by atoms with E-state index in [1.165, 1.54) is 16.0 Å². The van der Waals surface area contributed by atoms with Crippen LogP contribution in [0.1, 0.15) is 15.4 Å². The predicted octanol–water partition coefficient (Wildman–Crippen LogP) is 3.92. The molecule has 4 heteroatoms. The zero-order chi connectivity index (χ0) is 13.1. The van der Waals surface area contributed by atoms with Gasteiger partial charge in [0.05, 0.1) is 10.7 Å². The lowest BCUT2D eigenvalue weighted by Crippen LogP contribution is -1.97. The van der Waals surface area contributed by atoms with Gasteiger partial charge in [0, 0.05) is 28.8 Å². The molecular formula is C15H14N2S2. The van der Waals surface area contributed by atoms with Crippen molar-refractivity contribution in [2.75, 3.05) is 0 Å². The second kappa shape index (κ2) is 5.65. The second-order valence-electron chi connectivity index (χ2n) is 4.24. The Kier molecular flexibility index (Phi) is 3.73. The van der Waals surface area contributed by atoms with Gasteiger partial charge in [0.25, 0.3) is 0 Å². The van der Waals surface area contributed by atoms with Gasteiger partial charge in [0.1, 0.15) is 0 Å². The van der Waals surface area contributed by atoms with Crippen molar-refractivity contribution in [1.29, 1.82) is 0 Å². The highest BCUT2D eigenvalue weighted by Crippen LogP contribution is 2.25. The van der Waals surface area contributed by atoms with Gasteiger partial charge in [-0.1, -0.05) is 30.3 Å². The molecule has 2 nitrogen and oxygen atoms in total. The molecule has 3 aromatic rings. The first-order chi connectivity index (χ1) is 9.36. The molecule has 0 saturated carbocycles. The Morgan fingerprint density at radius 3 is 2.68 bits per heavy atom. The maximum atomic E-state index is 5.74. The topological polar surface area (TPSA) is 38.9 Å². The molecule has 3 rings (SSSR count). The molecule has 0 fully saturated rings. The van der Waals surface area contributed by atoms with E-state index in [2.05, 4.69) is 29.0 Å². The number of rotatable bonds is 4. The summed E-state index contributed by atoms with van der Waals surface area (Å²) in [5.74, 6) is 0. The summed E-state index contributed by atoms with van der Waals surface area (Å²) in [6.45, 7) is 0.615. The minimum atomic E-state index is 0.615. The van der Waals surface area contributed by atoms with Gasteiger partial charge in [-0.05, 0) is 17.0 Å². The fourth-order valence-corrected chi connectivity index (χ4v) is 3.61. The SMILES string of the molecule is NCc1sccc1Cc1nc(-c2ccccc2)cs1. The molecule has 2 heterocycles. The fraction of sp³-hybridized carbons (Fsp3) is 0.133. The van der Waals surface area contributed by atoms with Gasteiger partial charge in [-0.3, -0.25) is 0 Å². The predicted molar refractivity (Wildman–Crippen MR) is 82.6 cm³/mol. The Morgan fingerprint density at radius 1 is 1.05 bits per heavy atom. The number of hydrogen-bond donors (Lipinski definition) is 1. The van der Waals surface area contributed by atoms with Gasteiger partial charge in [0.15, 0.2) is 0 Å². The third-order valence-electron chi connectivity index (χ3n) is 2.99. The lowest BCUT2D eigenvalue weighted by molar-refractivity contribution is 1.05. The molecule has 2 aromatic heterocycles. The summed E-state index contributed by atoms with van der Waals surface area (Å²) in [6, 6.07) is 12.4. The highest BCUT2D eigenvalue weighted by atomic mass is 32.1. The molecule has 19 heavy (non-hydrogen) atoms. The fourth-order valence-electron chi connectivity index (χ4n) is 2.00. The van der Waals surface area contributed by atoms with Crippen LogP contribution in [0.25, 0.3) is 11.3 Å². The maximum absolute atomic E-state index is 5.74. The van der Waals surface area contributed by atoms with Crippen molar-refractivity contribution < 1.29 is 0 Å². The summed E-state index contributed by atoms with van der Waals surface area (Å²) < 4.78 is 0. The Morgan fingerprint density at radius 2 is 1.89 bits per heavy atom. The Labute approximate surface area is 120 Å². The molecule has 96 valence electrons. The van der Waals surface area contributed by atoms with E-state index in [1.54, 1.807) is 22.7 Å². The molecule has 0 spiro atoms. The number of nitrogens with zero attached hydrogens (tertiary/aromatic N) is 1. The quantitative estimate of drug-likeness (QED) is 0.789. The lowest BCUT2D eigenvalue weighted by Gasteiger charge is -1.98. The highest BCUT2D eigenvalue weighted by molar-refractivity contribution is 7.10. The van der Waals surface area contributed by atoms with Gasteiger partial charge < -0.3 is 5.73 Å². The monoisotopic (exact) mass is 286 g/mol. The molecule has 0 aliphatic carbocycles. The van der Waals surface area contributed by atoms with Crippen LogP contribution in [0.5, 0.6) is 0 Å². The molecule has 0 atom stereocenters. The van der Waals surface area contributed by atoms with Crippen molar-refractivity contribution in [2.45, 2.75) is 13.0 Å². The smallest absolute Gasteiger partial charge is 0.0976 e. The first kappa shape index (κ1) is 12.5. The van der Waals surface area contributed by atoms with Crippen LogP contribution in [0.15, 0.2) is 47.2 Å². The van der Waals surface area contributed by atoms with Crippen LogP contribution in [-0.2, 0) is 13.0 Å². The van der Waals surface area contributed by atoms with E-state index >= 15 is 0 Å². The summed E-state index contributed by atoms with van der Waals surface area (Å²) in [5, 5.41) is 5.37. The molecule has 0 aliphatic heterocycles. The van der Waals surface area contributed by atoms with E-state index in [0.717, 1.165) is 17.1 Å². The standard InChI is InChI=1S/C15H14N2S2/c16-9-14-12(6-7-18-14)8-15-17-13(10-19-15)11-4-2-1-3-5-11/h1-7,10H,8-9,16H2. The Bertz CT molecular complexity index is 656. The van der Waals surface area contributed by atoms with Crippen molar-refractivity contribution in [3.05, 3.63) is 62.6 Å². The maximum Gasteiger partial charge on any atom is 0.0976 e. The summed E-state index contributed by atoms with van der Waals surface area (Å²) in [7, 11) is 0. The van der Waals surface area contributed by atoms with Crippen molar-refractivity contribution in [1.82, 2.24) is 4.98 Å². The minimum absolute atomic E-state index is 0.615. The van der Waals surface area contributed by atoms with Gasteiger partial charge in [-0.2, -0.15) is 0 Å². The van der Waals surface area contributed by atoms with Crippen LogP contribution in [0.2, 0.25) is 0 Å². The van der Waals surface area contributed by atoms with Gasteiger partial charge in [0.2, 0.25) is 0 Å². The van der Waals surface area contributed by atoms with Gasteiger partial charge >= 0.3 is 0 Å². The Balaban J connectivity index is 1.82. The first-order valence-electron chi connectivity index (χ1n) is 6.12. The van der Waals surface area contributed by atoms with E-state index in [4.69, 9.17) is 10.7 Å². The van der Waals surface area contributed by atoms with E-state index in [1.807, 2.05) is 18.2 Å². The largest absolute Gasteiger partial charge is 0.326 e. The average molecular weight is 286 g/mol. The molecule has 0 saturated heterocycles. The van der Waals surface area contributed by atoms with Crippen LogP contribution >= 0.6 is 22.7 Å². The number of benzene rings is 1. The zero-order valence-corrected chi connectivity index (χ0v) is 12.0. The number of aromatic nitrogens is 1. The minimum Gasteiger partial charge on any atom is -0.326 e. The third-order valence-corrected chi connectivity index (χ3v) is 4.82. The van der Waals surface area contributed by atoms with Crippen LogP contribution in [0.3, 0.4) is 0 Å². The number of nitrogens with two attached hydrogens (primary N) is 1. The van der Waals surface area contributed by atoms with Crippen molar-refractivity contribution in [3.63, 3.8) is 0 Å². The first-order valence-corrected chi connectivity index (χ1v) is 7.88. The Hall–Kier alpha value is -1.49. The third kappa shape index (κ3) is 2.76. The van der Waals surface area contributed by atoms with Gasteiger partial charge in [-0.15, -0.1) is 22.7 Å². The molecule has 0 unspecified atom stereocenters. The summed E-state index contributed by atoms with van der Waals surface area (Å²) in [4.78, 5) is 5.97. The molecule has 2 N–H and O–H groups in total. The summed E-state index contributed by atoms with van der Waals surface area (Å²) in [5.41, 5.74) is 9.28. The summed E-state index contributed by atoms with van der Waals surface area (Å²) >= 11 is 3.44. The van der Waals surface area contributed by atoms with Gasteiger partial charge in [-0.25, -0.2) is 4.98 Å². The van der Waals surface area contributed by atoms with E-state index < -0.39 is 0 Å². The van der Waals surface area contributed by atoms with E-state index in [0.29, 0.717) is 6.54 Å². The lowest BCUT2D eigenvalue weighted by atomic mass is 10.2.